The zero-order valence-electron chi connectivity index (χ0n) is 20.5. The molecular formula is C24H34N6O5. The summed E-state index contributed by atoms with van der Waals surface area (Å²) in [5.41, 5.74) is 9.25. The molecule has 3 atom stereocenters. The van der Waals surface area contributed by atoms with E-state index >= 15 is 0 Å². The number of fused-ring (bicyclic) bond motifs is 1. The highest BCUT2D eigenvalue weighted by Crippen LogP contribution is 2.46. The quantitative estimate of drug-likeness (QED) is 0.539. The van der Waals surface area contributed by atoms with Gasteiger partial charge in [0.25, 0.3) is 12.9 Å². The second-order valence-corrected chi connectivity index (χ2v) is 8.85. The van der Waals surface area contributed by atoms with Gasteiger partial charge in [-0.1, -0.05) is 24.3 Å². The number of likely N-dealkylation sites (tertiary alicyclic amines) is 1. The second-order valence-electron chi connectivity index (χ2n) is 8.85. The lowest BCUT2D eigenvalue weighted by Gasteiger charge is -2.32. The number of carbonyl (C=O) groups is 3. The van der Waals surface area contributed by atoms with E-state index in [2.05, 4.69) is 51.0 Å². The number of aromatic nitrogens is 2. The SMILES string of the molecule is Cc1cc(N2C[C@@H]3CN(C(=O)CN(C)C)[C@@H](c4ccccc4C)[C@@H]3C2)nc(N)n1.O=CO.O=CO. The van der Waals surface area contributed by atoms with Crippen molar-refractivity contribution < 1.29 is 24.6 Å². The van der Waals surface area contributed by atoms with Crippen LogP contribution in [0.1, 0.15) is 22.9 Å². The van der Waals surface area contributed by atoms with Crippen LogP contribution in [0.5, 0.6) is 0 Å². The number of nitrogens with two attached hydrogens (primary N) is 1. The Morgan fingerprint density at radius 1 is 1.11 bits per heavy atom. The number of hydrogen-bond acceptors (Lipinski definition) is 8. The van der Waals surface area contributed by atoms with E-state index in [-0.39, 0.29) is 24.9 Å². The molecule has 1 amide bonds. The normalized spacial score (nSPS) is 20.3. The number of hydrogen-bond donors (Lipinski definition) is 3. The fourth-order valence-corrected chi connectivity index (χ4v) is 4.90. The van der Waals surface area contributed by atoms with E-state index in [4.69, 9.17) is 25.5 Å². The molecule has 0 bridgehead atoms. The Morgan fingerprint density at radius 2 is 1.74 bits per heavy atom. The van der Waals surface area contributed by atoms with Crippen LogP contribution in [-0.2, 0) is 14.4 Å². The van der Waals surface area contributed by atoms with Gasteiger partial charge in [-0.05, 0) is 39.1 Å². The standard InChI is InChI=1S/C22H30N6O.2CH2O2/c1-14-7-5-6-8-17(14)21-18-12-27(19-9-15(2)24-22(23)25-19)10-16(18)11-28(21)20(29)13-26(3)4;2*2-1-3/h5-9,16,18,21H,10-13H2,1-4H3,(H2,23,24,25);2*1H,(H,2,3)/t16-,18-,21+;;/m1../s1. The third kappa shape index (κ3) is 6.89. The highest BCUT2D eigenvalue weighted by Gasteiger charge is 2.49. The Balaban J connectivity index is 0.000000655. The van der Waals surface area contributed by atoms with E-state index in [1.54, 1.807) is 0 Å². The number of carboxylic acid groups (broad SMARTS) is 2. The molecule has 2 saturated heterocycles. The minimum atomic E-state index is -0.250. The molecule has 35 heavy (non-hydrogen) atoms. The van der Waals surface area contributed by atoms with Crippen molar-refractivity contribution in [2.24, 2.45) is 11.8 Å². The molecule has 2 aliphatic heterocycles. The van der Waals surface area contributed by atoms with Crippen molar-refractivity contribution in [1.82, 2.24) is 19.8 Å². The molecule has 190 valence electrons. The first-order chi connectivity index (χ1) is 16.7. The Bertz CT molecular complexity index is 991. The van der Waals surface area contributed by atoms with Crippen LogP contribution in [0, 0.1) is 25.7 Å². The minimum absolute atomic E-state index is 0.0962. The summed E-state index contributed by atoms with van der Waals surface area (Å²) in [5, 5.41) is 13.8. The summed E-state index contributed by atoms with van der Waals surface area (Å²) in [6.45, 7) is 6.55. The predicted octanol–water partition coefficient (Wildman–Crippen LogP) is 1.27. The van der Waals surface area contributed by atoms with Gasteiger partial charge in [-0.15, -0.1) is 0 Å². The largest absolute Gasteiger partial charge is 0.483 e. The van der Waals surface area contributed by atoms with Gasteiger partial charge in [0.05, 0.1) is 12.6 Å². The predicted molar refractivity (Wildman–Crippen MR) is 132 cm³/mol. The molecule has 2 aliphatic rings. The number of benzene rings is 1. The minimum Gasteiger partial charge on any atom is -0.483 e. The van der Waals surface area contributed by atoms with Crippen molar-refractivity contribution >= 4 is 30.6 Å². The van der Waals surface area contributed by atoms with Gasteiger partial charge in [-0.25, -0.2) is 4.98 Å². The maximum Gasteiger partial charge on any atom is 0.290 e. The van der Waals surface area contributed by atoms with E-state index in [0.717, 1.165) is 31.1 Å². The zero-order chi connectivity index (χ0) is 26.1. The average Bonchev–Trinajstić information content (AvgIpc) is 3.33. The first-order valence-electron chi connectivity index (χ1n) is 11.2. The van der Waals surface area contributed by atoms with Crippen LogP contribution in [0.2, 0.25) is 0 Å². The van der Waals surface area contributed by atoms with E-state index in [1.807, 2.05) is 32.0 Å². The molecule has 2 aromatic rings. The Kier molecular flexibility index (Phi) is 9.95. The van der Waals surface area contributed by atoms with Gasteiger partial charge in [-0.3, -0.25) is 14.4 Å². The molecule has 4 rings (SSSR count). The summed E-state index contributed by atoms with van der Waals surface area (Å²) in [6, 6.07) is 10.5. The van der Waals surface area contributed by atoms with Crippen LogP contribution in [0.3, 0.4) is 0 Å². The maximum atomic E-state index is 13.1. The van der Waals surface area contributed by atoms with Gasteiger partial charge >= 0.3 is 0 Å². The first-order valence-corrected chi connectivity index (χ1v) is 11.2. The maximum absolute atomic E-state index is 13.1. The Morgan fingerprint density at radius 3 is 2.31 bits per heavy atom. The molecule has 0 spiro atoms. The smallest absolute Gasteiger partial charge is 0.290 e. The van der Waals surface area contributed by atoms with Gasteiger partial charge < -0.3 is 30.6 Å². The van der Waals surface area contributed by atoms with Crippen LogP contribution >= 0.6 is 0 Å². The summed E-state index contributed by atoms with van der Waals surface area (Å²) in [7, 11) is 3.89. The molecule has 1 aromatic heterocycles. The number of anilines is 2. The number of nitrogen functional groups attached to an aromatic ring is 1. The van der Waals surface area contributed by atoms with Crippen LogP contribution < -0.4 is 10.6 Å². The molecule has 3 heterocycles. The molecule has 0 saturated carbocycles. The fraction of sp³-hybridized carbons (Fsp3) is 0.458. The number of aryl methyl sites for hydroxylation is 2. The van der Waals surface area contributed by atoms with Crippen molar-refractivity contribution in [3.63, 3.8) is 0 Å². The summed E-state index contributed by atoms with van der Waals surface area (Å²) in [4.78, 5) is 44.8. The molecule has 11 nitrogen and oxygen atoms in total. The highest BCUT2D eigenvalue weighted by molar-refractivity contribution is 5.79. The number of amides is 1. The monoisotopic (exact) mass is 486 g/mol. The van der Waals surface area contributed by atoms with Crippen molar-refractivity contribution in [1.29, 1.82) is 0 Å². The summed E-state index contributed by atoms with van der Waals surface area (Å²) in [5.74, 6) is 2.20. The summed E-state index contributed by atoms with van der Waals surface area (Å²) < 4.78 is 0. The van der Waals surface area contributed by atoms with E-state index in [9.17, 15) is 4.79 Å². The molecule has 2 fully saturated rings. The van der Waals surface area contributed by atoms with Crippen molar-refractivity contribution in [2.75, 3.05) is 50.9 Å². The molecule has 0 radical (unpaired) electrons. The number of nitrogens with zero attached hydrogens (tertiary/aromatic N) is 5. The van der Waals surface area contributed by atoms with E-state index < -0.39 is 0 Å². The van der Waals surface area contributed by atoms with E-state index in [0.29, 0.717) is 24.3 Å². The Hall–Kier alpha value is -3.73. The third-order valence-electron chi connectivity index (χ3n) is 6.13. The van der Waals surface area contributed by atoms with E-state index in [1.165, 1.54) is 11.1 Å². The fourth-order valence-electron chi connectivity index (χ4n) is 4.90. The van der Waals surface area contributed by atoms with Crippen LogP contribution in [0.25, 0.3) is 0 Å². The lowest BCUT2D eigenvalue weighted by molar-refractivity contribution is -0.133. The lowest BCUT2D eigenvalue weighted by atomic mass is 9.87. The van der Waals surface area contributed by atoms with Crippen LogP contribution in [0.4, 0.5) is 11.8 Å². The van der Waals surface area contributed by atoms with Crippen molar-refractivity contribution in [3.8, 4) is 0 Å². The van der Waals surface area contributed by atoms with Gasteiger partial charge in [0.15, 0.2) is 0 Å². The molecule has 0 aliphatic carbocycles. The van der Waals surface area contributed by atoms with Crippen LogP contribution in [0.15, 0.2) is 30.3 Å². The molecular weight excluding hydrogens is 452 g/mol. The number of rotatable bonds is 4. The summed E-state index contributed by atoms with van der Waals surface area (Å²) in [6.07, 6.45) is 0. The molecule has 0 unspecified atom stereocenters. The number of carbonyl (C=O) groups excluding carboxylic acids is 1. The molecule has 1 aromatic carbocycles. The van der Waals surface area contributed by atoms with Gasteiger partial charge in [0.2, 0.25) is 11.9 Å². The average molecular weight is 487 g/mol. The highest BCUT2D eigenvalue weighted by atomic mass is 16.3. The third-order valence-corrected chi connectivity index (χ3v) is 6.13. The van der Waals surface area contributed by atoms with Gasteiger partial charge in [0.1, 0.15) is 5.82 Å². The Labute approximate surface area is 205 Å². The second kappa shape index (κ2) is 12.7. The number of likely N-dealkylation sites (N-methyl/N-ethyl adjacent to an activating group) is 1. The van der Waals surface area contributed by atoms with Crippen LogP contribution in [-0.4, -0.2) is 89.1 Å². The zero-order valence-corrected chi connectivity index (χ0v) is 20.5. The van der Waals surface area contributed by atoms with Gasteiger partial charge in [0, 0.05) is 43.2 Å². The topological polar surface area (TPSA) is 153 Å². The van der Waals surface area contributed by atoms with Crippen molar-refractivity contribution in [3.05, 3.63) is 47.2 Å². The molecule has 11 heteroatoms. The molecule has 4 N–H and O–H groups in total. The van der Waals surface area contributed by atoms with Crippen molar-refractivity contribution in [2.45, 2.75) is 19.9 Å². The first kappa shape index (κ1) is 27.5. The van der Waals surface area contributed by atoms with Gasteiger partial charge in [-0.2, -0.15) is 4.98 Å². The lowest BCUT2D eigenvalue weighted by Crippen LogP contribution is -2.40. The summed E-state index contributed by atoms with van der Waals surface area (Å²) >= 11 is 0.